The summed E-state index contributed by atoms with van der Waals surface area (Å²) in [5.41, 5.74) is 2.49. The Hall–Kier alpha value is -3.07. The van der Waals surface area contributed by atoms with E-state index in [9.17, 15) is 18.0 Å². The molecule has 9 heteroatoms. The van der Waals surface area contributed by atoms with Crippen LogP contribution in [0, 0.1) is 6.92 Å². The number of anilines is 1. The second-order valence-corrected chi connectivity index (χ2v) is 10.7. The number of aryl methyl sites for hydroxylation is 1. The van der Waals surface area contributed by atoms with E-state index >= 15 is 0 Å². The molecule has 0 saturated heterocycles. The zero-order valence-corrected chi connectivity index (χ0v) is 22.8. The summed E-state index contributed by atoms with van der Waals surface area (Å²) in [4.78, 5) is 28.0. The highest BCUT2D eigenvalue weighted by Crippen LogP contribution is 2.24. The smallest absolute Gasteiger partial charge is 0.242 e. The molecule has 1 N–H and O–H groups in total. The van der Waals surface area contributed by atoms with Crippen LogP contribution in [0.5, 0.6) is 5.75 Å². The molecule has 0 radical (unpaired) electrons. The van der Waals surface area contributed by atoms with Gasteiger partial charge in [0.2, 0.25) is 21.8 Å². The predicted molar refractivity (Wildman–Crippen MR) is 144 cm³/mol. The zero-order chi connectivity index (χ0) is 26.7. The number of carbonyl (C=O) groups excluding carboxylic acids is 2. The number of nitrogens with zero attached hydrogens (tertiary/aromatic N) is 2. The first-order chi connectivity index (χ1) is 17.1. The average molecular weight is 518 g/mol. The van der Waals surface area contributed by atoms with Gasteiger partial charge in [-0.2, -0.15) is 0 Å². The first kappa shape index (κ1) is 29.2. The monoisotopic (exact) mass is 517 g/mol. The maximum atomic E-state index is 13.5. The molecule has 0 aliphatic heterocycles. The Bertz CT molecular complexity index is 1120. The van der Waals surface area contributed by atoms with E-state index in [0.717, 1.165) is 23.8 Å². The molecule has 2 amide bonds. The van der Waals surface area contributed by atoms with Gasteiger partial charge in [-0.25, -0.2) is 8.42 Å². The van der Waals surface area contributed by atoms with Crippen LogP contribution in [0.3, 0.4) is 0 Å². The van der Waals surface area contributed by atoms with Crippen molar-refractivity contribution >= 4 is 27.5 Å². The molecule has 198 valence electrons. The first-order valence-corrected chi connectivity index (χ1v) is 14.2. The van der Waals surface area contributed by atoms with Crippen molar-refractivity contribution < 1.29 is 22.7 Å². The number of hydrogen-bond donors (Lipinski definition) is 1. The molecule has 0 aromatic heterocycles. The molecule has 1 atom stereocenters. The number of benzene rings is 2. The van der Waals surface area contributed by atoms with Crippen molar-refractivity contribution in [1.82, 2.24) is 10.2 Å². The Balaban J connectivity index is 2.22. The van der Waals surface area contributed by atoms with Crippen LogP contribution < -0.4 is 14.4 Å². The van der Waals surface area contributed by atoms with Crippen molar-refractivity contribution in [3.8, 4) is 5.75 Å². The fourth-order valence-electron chi connectivity index (χ4n) is 4.03. The lowest BCUT2D eigenvalue weighted by Gasteiger charge is -2.31. The van der Waals surface area contributed by atoms with Gasteiger partial charge in [0.1, 0.15) is 11.8 Å². The number of nitrogens with one attached hydrogen (secondary N) is 1. The normalized spacial score (nSPS) is 12.0. The van der Waals surface area contributed by atoms with Crippen LogP contribution in [0.4, 0.5) is 5.69 Å². The summed E-state index contributed by atoms with van der Waals surface area (Å²) in [6.07, 6.45) is 2.84. The Morgan fingerprint density at radius 2 is 1.81 bits per heavy atom. The van der Waals surface area contributed by atoms with Crippen molar-refractivity contribution in [3.63, 3.8) is 0 Å². The third kappa shape index (κ3) is 8.26. The minimum absolute atomic E-state index is 0.111. The Labute approximate surface area is 215 Å². The molecule has 36 heavy (non-hydrogen) atoms. The number of carbonyl (C=O) groups is 2. The van der Waals surface area contributed by atoms with E-state index in [1.54, 1.807) is 29.2 Å². The summed E-state index contributed by atoms with van der Waals surface area (Å²) in [5, 5.41) is 2.91. The van der Waals surface area contributed by atoms with Gasteiger partial charge in [-0.3, -0.25) is 13.9 Å². The standard InChI is InChI=1S/C27H39N3O5S/c1-6-17-28-27(32)25(7-2)29(20-22-13-9-8-12-21(22)3)26(31)16-11-18-30(36(5,33)34)23-14-10-15-24(19-23)35-4/h8-10,12-15,19,25H,6-7,11,16-18,20H2,1-5H3,(H,28,32)/t25-/m0/s1. The van der Waals surface area contributed by atoms with Crippen molar-refractivity contribution in [3.05, 3.63) is 59.7 Å². The second-order valence-electron chi connectivity index (χ2n) is 8.80. The number of hydrogen-bond acceptors (Lipinski definition) is 5. The highest BCUT2D eigenvalue weighted by molar-refractivity contribution is 7.92. The van der Waals surface area contributed by atoms with Crippen LogP contribution in [-0.2, 0) is 26.2 Å². The molecule has 2 rings (SSSR count). The number of sulfonamides is 1. The zero-order valence-electron chi connectivity index (χ0n) is 22.0. The lowest BCUT2D eigenvalue weighted by molar-refractivity contribution is -0.141. The highest BCUT2D eigenvalue weighted by atomic mass is 32.2. The lowest BCUT2D eigenvalue weighted by atomic mass is 10.1. The van der Waals surface area contributed by atoms with E-state index in [4.69, 9.17) is 4.74 Å². The maximum absolute atomic E-state index is 13.5. The summed E-state index contributed by atoms with van der Waals surface area (Å²) in [6.45, 7) is 6.85. The van der Waals surface area contributed by atoms with E-state index in [0.29, 0.717) is 37.4 Å². The van der Waals surface area contributed by atoms with Crippen molar-refractivity contribution in [2.75, 3.05) is 30.8 Å². The highest BCUT2D eigenvalue weighted by Gasteiger charge is 2.29. The number of rotatable bonds is 14. The van der Waals surface area contributed by atoms with E-state index in [1.165, 1.54) is 11.4 Å². The minimum Gasteiger partial charge on any atom is -0.497 e. The fraction of sp³-hybridized carbons (Fsp3) is 0.481. The fourth-order valence-corrected chi connectivity index (χ4v) is 4.98. The van der Waals surface area contributed by atoms with Crippen LogP contribution in [-0.4, -0.2) is 57.6 Å². The van der Waals surface area contributed by atoms with Gasteiger partial charge in [-0.15, -0.1) is 0 Å². The van der Waals surface area contributed by atoms with Crippen LogP contribution >= 0.6 is 0 Å². The third-order valence-corrected chi connectivity index (χ3v) is 7.22. The average Bonchev–Trinajstić information content (AvgIpc) is 2.85. The summed E-state index contributed by atoms with van der Waals surface area (Å²) >= 11 is 0. The van der Waals surface area contributed by atoms with Gasteiger partial charge in [-0.05, 0) is 49.4 Å². The minimum atomic E-state index is -3.57. The lowest BCUT2D eigenvalue weighted by Crippen LogP contribution is -2.49. The first-order valence-electron chi connectivity index (χ1n) is 12.4. The molecule has 0 aliphatic carbocycles. The van der Waals surface area contributed by atoms with Gasteiger partial charge in [0.25, 0.3) is 0 Å². The molecule has 0 unspecified atom stereocenters. The Kier molecular flexibility index (Phi) is 11.2. The van der Waals surface area contributed by atoms with Gasteiger partial charge in [0.15, 0.2) is 0 Å². The van der Waals surface area contributed by atoms with Crippen LogP contribution in [0.1, 0.15) is 50.7 Å². The molecule has 8 nitrogen and oxygen atoms in total. The molecular formula is C27H39N3O5S. The van der Waals surface area contributed by atoms with E-state index < -0.39 is 16.1 Å². The van der Waals surface area contributed by atoms with Crippen LogP contribution in [0.25, 0.3) is 0 Å². The molecule has 2 aromatic rings. The Morgan fingerprint density at radius 3 is 2.42 bits per heavy atom. The number of methoxy groups -OCH3 is 1. The van der Waals surface area contributed by atoms with Gasteiger partial charge in [-0.1, -0.05) is 44.2 Å². The van der Waals surface area contributed by atoms with Gasteiger partial charge >= 0.3 is 0 Å². The van der Waals surface area contributed by atoms with Crippen LogP contribution in [0.15, 0.2) is 48.5 Å². The van der Waals surface area contributed by atoms with E-state index in [-0.39, 0.29) is 24.8 Å². The summed E-state index contributed by atoms with van der Waals surface area (Å²) < 4.78 is 31.5. The van der Waals surface area contributed by atoms with Gasteiger partial charge < -0.3 is 15.0 Å². The van der Waals surface area contributed by atoms with Gasteiger partial charge in [0, 0.05) is 32.1 Å². The molecule has 0 fully saturated rings. The Morgan fingerprint density at radius 1 is 1.08 bits per heavy atom. The molecule has 0 spiro atoms. The molecule has 2 aromatic carbocycles. The third-order valence-electron chi connectivity index (χ3n) is 6.03. The summed E-state index contributed by atoms with van der Waals surface area (Å²) in [5.74, 6) is 0.191. The summed E-state index contributed by atoms with van der Waals surface area (Å²) in [7, 11) is -2.05. The van der Waals surface area contributed by atoms with Crippen molar-refractivity contribution in [2.24, 2.45) is 0 Å². The van der Waals surface area contributed by atoms with Crippen LogP contribution in [0.2, 0.25) is 0 Å². The van der Waals surface area contributed by atoms with Gasteiger partial charge in [0.05, 0.1) is 19.1 Å². The summed E-state index contributed by atoms with van der Waals surface area (Å²) in [6, 6.07) is 14.0. The van der Waals surface area contributed by atoms with E-state index in [1.807, 2.05) is 45.0 Å². The van der Waals surface area contributed by atoms with Crippen molar-refractivity contribution in [2.45, 2.75) is 59.0 Å². The molecule has 0 saturated carbocycles. The second kappa shape index (κ2) is 13.9. The molecule has 0 heterocycles. The molecule has 0 aliphatic rings. The number of ether oxygens (including phenoxy) is 1. The number of amides is 2. The predicted octanol–water partition coefficient (Wildman–Crippen LogP) is 3.88. The molecule has 0 bridgehead atoms. The quantitative estimate of drug-likeness (QED) is 0.410. The topological polar surface area (TPSA) is 96.0 Å². The van der Waals surface area contributed by atoms with E-state index in [2.05, 4.69) is 5.32 Å². The maximum Gasteiger partial charge on any atom is 0.242 e. The van der Waals surface area contributed by atoms with Crippen molar-refractivity contribution in [1.29, 1.82) is 0 Å². The molecular weight excluding hydrogens is 478 g/mol. The largest absolute Gasteiger partial charge is 0.497 e. The SMILES string of the molecule is CCCNC(=O)[C@H](CC)N(Cc1ccccc1C)C(=O)CCCN(c1cccc(OC)c1)S(C)(=O)=O.